The molecule has 0 aliphatic carbocycles. The van der Waals surface area contributed by atoms with Crippen molar-refractivity contribution in [2.24, 2.45) is 5.10 Å². The van der Waals surface area contributed by atoms with Crippen LogP contribution < -0.4 is 5.43 Å². The summed E-state index contributed by atoms with van der Waals surface area (Å²) >= 11 is 0. The van der Waals surface area contributed by atoms with Gasteiger partial charge in [-0.25, -0.2) is 5.43 Å². The molecule has 19 heavy (non-hydrogen) atoms. The van der Waals surface area contributed by atoms with Crippen molar-refractivity contribution in [3.63, 3.8) is 0 Å². The predicted octanol–water partition coefficient (Wildman–Crippen LogP) is 2.49. The summed E-state index contributed by atoms with van der Waals surface area (Å²) in [5.41, 5.74) is 3.41. The topological polar surface area (TPSA) is 67.5 Å². The second-order valence-corrected chi connectivity index (χ2v) is 3.76. The maximum atomic E-state index is 11.7. The molecule has 5 heteroatoms. The Morgan fingerprint density at radius 3 is 2.95 bits per heavy atom. The molecule has 0 aliphatic heterocycles. The summed E-state index contributed by atoms with van der Waals surface area (Å²) in [4.78, 5) is 15.6. The minimum absolute atomic E-state index is 0.328. The van der Waals surface area contributed by atoms with E-state index in [4.69, 9.17) is 4.42 Å². The molecule has 0 atom stereocenters. The largest absolute Gasteiger partial charge is 0.465 e. The van der Waals surface area contributed by atoms with Gasteiger partial charge in [0, 0.05) is 6.20 Å². The van der Waals surface area contributed by atoms with E-state index in [0.29, 0.717) is 11.4 Å². The van der Waals surface area contributed by atoms with Crippen LogP contribution in [0.3, 0.4) is 0 Å². The minimum atomic E-state index is -0.341. The van der Waals surface area contributed by atoms with Crippen LogP contribution in [0.5, 0.6) is 0 Å². The summed E-state index contributed by atoms with van der Waals surface area (Å²) in [5, 5.41) is 3.95. The second-order valence-electron chi connectivity index (χ2n) is 3.76. The number of hydrogen-bond acceptors (Lipinski definition) is 4. The van der Waals surface area contributed by atoms with E-state index in [1.807, 2.05) is 6.07 Å². The molecule has 5 nitrogen and oxygen atoms in total. The number of hydrogen-bond donors (Lipinski definition) is 1. The van der Waals surface area contributed by atoms with E-state index in [0.717, 1.165) is 5.76 Å². The molecule has 1 N–H and O–H groups in total. The Labute approximate surface area is 110 Å². The first-order valence-electron chi connectivity index (χ1n) is 5.73. The number of rotatable bonds is 4. The molecule has 0 spiro atoms. The molecule has 0 bridgehead atoms. The Kier molecular flexibility index (Phi) is 4.23. The van der Waals surface area contributed by atoms with Gasteiger partial charge in [0.2, 0.25) is 0 Å². The Morgan fingerprint density at radius 1 is 1.37 bits per heavy atom. The van der Waals surface area contributed by atoms with Gasteiger partial charge in [0.15, 0.2) is 0 Å². The first kappa shape index (κ1) is 12.8. The van der Waals surface area contributed by atoms with Crippen molar-refractivity contribution in [3.05, 3.63) is 60.3 Å². The molecule has 2 aromatic rings. The molecule has 2 rings (SSSR count). The molecule has 0 saturated carbocycles. The molecule has 96 valence electrons. The van der Waals surface area contributed by atoms with E-state index in [1.165, 1.54) is 0 Å². The van der Waals surface area contributed by atoms with Crippen molar-refractivity contribution in [1.29, 1.82) is 0 Å². The highest BCUT2D eigenvalue weighted by Gasteiger charge is 2.03. The van der Waals surface area contributed by atoms with E-state index in [2.05, 4.69) is 15.5 Å². The number of carbonyl (C=O) groups excluding carboxylic acids is 1. The quantitative estimate of drug-likeness (QED) is 0.674. The Bertz CT molecular complexity index is 586. The third kappa shape index (κ3) is 3.92. The van der Waals surface area contributed by atoms with Crippen LogP contribution in [0.4, 0.5) is 0 Å². The predicted molar refractivity (Wildman–Crippen MR) is 72.6 cm³/mol. The molecule has 0 aromatic carbocycles. The van der Waals surface area contributed by atoms with Crippen LogP contribution in [0.25, 0.3) is 6.08 Å². The van der Waals surface area contributed by atoms with Crippen molar-refractivity contribution in [2.75, 3.05) is 0 Å². The number of nitrogens with zero attached hydrogens (tertiary/aromatic N) is 2. The normalized spacial score (nSPS) is 11.7. The van der Waals surface area contributed by atoms with Gasteiger partial charge >= 0.3 is 0 Å². The summed E-state index contributed by atoms with van der Waals surface area (Å²) in [7, 11) is 0. The number of nitrogens with one attached hydrogen (secondary N) is 1. The van der Waals surface area contributed by atoms with Crippen molar-refractivity contribution >= 4 is 17.7 Å². The van der Waals surface area contributed by atoms with Gasteiger partial charge in [-0.1, -0.05) is 6.07 Å². The third-order valence-corrected chi connectivity index (χ3v) is 2.26. The van der Waals surface area contributed by atoms with Gasteiger partial charge < -0.3 is 4.42 Å². The maximum absolute atomic E-state index is 11.7. The zero-order chi connectivity index (χ0) is 13.5. The zero-order valence-electron chi connectivity index (χ0n) is 10.4. The number of hydrazone groups is 1. The number of pyridine rings is 1. The lowest BCUT2D eigenvalue weighted by molar-refractivity contribution is 0.0950. The lowest BCUT2D eigenvalue weighted by Crippen LogP contribution is -2.19. The van der Waals surface area contributed by atoms with Crippen LogP contribution in [0, 0.1) is 0 Å². The van der Waals surface area contributed by atoms with E-state index in [1.54, 1.807) is 55.8 Å². The first-order valence-corrected chi connectivity index (χ1v) is 5.73. The van der Waals surface area contributed by atoms with Crippen LogP contribution in [-0.4, -0.2) is 16.6 Å². The average Bonchev–Trinajstić information content (AvgIpc) is 2.96. The fraction of sp³-hybridized carbons (Fsp3) is 0.0714. The highest BCUT2D eigenvalue weighted by molar-refractivity contribution is 5.98. The van der Waals surface area contributed by atoms with Crippen LogP contribution in [-0.2, 0) is 0 Å². The zero-order valence-corrected chi connectivity index (χ0v) is 10.4. The molecule has 2 heterocycles. The highest BCUT2D eigenvalue weighted by Crippen LogP contribution is 2.02. The van der Waals surface area contributed by atoms with Gasteiger partial charge in [-0.15, -0.1) is 0 Å². The molecule has 0 saturated heterocycles. The summed E-state index contributed by atoms with van der Waals surface area (Å²) < 4.78 is 5.14. The molecule has 1 amide bonds. The maximum Gasteiger partial charge on any atom is 0.289 e. The van der Waals surface area contributed by atoms with Gasteiger partial charge in [0.25, 0.3) is 5.91 Å². The van der Waals surface area contributed by atoms with Gasteiger partial charge in [0.05, 0.1) is 12.0 Å². The lowest BCUT2D eigenvalue weighted by atomic mass is 10.3. The monoisotopic (exact) mass is 255 g/mol. The van der Waals surface area contributed by atoms with E-state index in [-0.39, 0.29) is 5.91 Å². The van der Waals surface area contributed by atoms with Crippen LogP contribution in [0.15, 0.2) is 58.4 Å². The Hall–Kier alpha value is -2.69. The molecule has 0 aliphatic rings. The van der Waals surface area contributed by atoms with E-state index >= 15 is 0 Å². The second kappa shape index (κ2) is 6.30. The smallest absolute Gasteiger partial charge is 0.289 e. The fourth-order valence-electron chi connectivity index (χ4n) is 1.32. The number of aromatic nitrogens is 1. The number of amides is 1. The highest BCUT2D eigenvalue weighted by atomic mass is 16.3. The first-order chi connectivity index (χ1) is 9.25. The third-order valence-electron chi connectivity index (χ3n) is 2.26. The summed E-state index contributed by atoms with van der Waals surface area (Å²) in [6.45, 7) is 1.78. The molecule has 2 aromatic heterocycles. The lowest BCUT2D eigenvalue weighted by Gasteiger charge is -1.98. The van der Waals surface area contributed by atoms with Crippen molar-refractivity contribution in [1.82, 2.24) is 10.4 Å². The van der Waals surface area contributed by atoms with E-state index < -0.39 is 0 Å². The van der Waals surface area contributed by atoms with Crippen LogP contribution in [0.2, 0.25) is 0 Å². The van der Waals surface area contributed by atoms with Crippen molar-refractivity contribution in [3.8, 4) is 0 Å². The Balaban J connectivity index is 1.93. The average molecular weight is 255 g/mol. The number of furan rings is 1. The molecule has 0 unspecified atom stereocenters. The van der Waals surface area contributed by atoms with Crippen molar-refractivity contribution in [2.45, 2.75) is 6.92 Å². The summed E-state index contributed by atoms with van der Waals surface area (Å²) in [6, 6.07) is 8.75. The van der Waals surface area contributed by atoms with Gasteiger partial charge in [-0.05, 0) is 43.3 Å². The molecule has 0 fully saturated rings. The minimum Gasteiger partial charge on any atom is -0.465 e. The standard InChI is InChI=1S/C14H13N3O2/c1-11(7-8-12-5-4-10-19-12)16-17-14(18)13-6-2-3-9-15-13/h2-10H,1H3,(H,17,18)/b8-7+,16-11+. The van der Waals surface area contributed by atoms with Crippen LogP contribution >= 0.6 is 0 Å². The SMILES string of the molecule is CC(/C=C/c1ccco1)=N\NC(=O)c1ccccn1. The van der Waals surface area contributed by atoms with Gasteiger partial charge in [0.1, 0.15) is 11.5 Å². The number of allylic oxidation sites excluding steroid dienone is 1. The molecular formula is C14H13N3O2. The van der Waals surface area contributed by atoms with E-state index in [9.17, 15) is 4.79 Å². The van der Waals surface area contributed by atoms with Gasteiger partial charge in [-0.2, -0.15) is 5.10 Å². The van der Waals surface area contributed by atoms with Crippen LogP contribution in [0.1, 0.15) is 23.2 Å². The molecule has 0 radical (unpaired) electrons. The van der Waals surface area contributed by atoms with Gasteiger partial charge in [-0.3, -0.25) is 9.78 Å². The fourth-order valence-corrected chi connectivity index (χ4v) is 1.32. The molecular weight excluding hydrogens is 242 g/mol. The van der Waals surface area contributed by atoms with Crippen molar-refractivity contribution < 1.29 is 9.21 Å². The Morgan fingerprint density at radius 2 is 2.26 bits per heavy atom. The number of carbonyl (C=O) groups is 1. The summed E-state index contributed by atoms with van der Waals surface area (Å²) in [6.07, 6.45) is 6.67. The summed E-state index contributed by atoms with van der Waals surface area (Å²) in [5.74, 6) is 0.386.